The van der Waals surface area contributed by atoms with Gasteiger partial charge >= 0.3 is 6.18 Å². The predicted molar refractivity (Wildman–Crippen MR) is 60.2 cm³/mol. The van der Waals surface area contributed by atoms with E-state index in [4.69, 9.17) is 11.6 Å². The van der Waals surface area contributed by atoms with Crippen LogP contribution < -0.4 is 0 Å². The van der Waals surface area contributed by atoms with Gasteiger partial charge in [0.25, 0.3) is 0 Å². The molecule has 0 aromatic heterocycles. The maximum Gasteiger partial charge on any atom is 0.416 e. The fraction of sp³-hybridized carbons (Fsp3) is 0.417. The van der Waals surface area contributed by atoms with Gasteiger partial charge in [-0.15, -0.1) is 0 Å². The van der Waals surface area contributed by atoms with Crippen molar-refractivity contribution in [2.24, 2.45) is 5.41 Å². The van der Waals surface area contributed by atoms with E-state index < -0.39 is 17.2 Å². The summed E-state index contributed by atoms with van der Waals surface area (Å²) in [7, 11) is 0. The zero-order valence-corrected chi connectivity index (χ0v) is 10.4. The van der Waals surface area contributed by atoms with Gasteiger partial charge in [0.2, 0.25) is 0 Å². The molecule has 1 aromatic carbocycles. The molecule has 0 aliphatic rings. The maximum absolute atomic E-state index is 12.4. The molecule has 1 rings (SSSR count). The second-order valence-corrected chi connectivity index (χ2v) is 5.18. The number of Topliss-reactive ketones (excluding diaryl/α,β-unsaturated/α-hetero) is 1. The molecule has 0 saturated carbocycles. The van der Waals surface area contributed by atoms with Crippen LogP contribution in [0.15, 0.2) is 18.2 Å². The first-order chi connectivity index (χ1) is 7.53. The highest BCUT2D eigenvalue weighted by molar-refractivity contribution is 6.34. The van der Waals surface area contributed by atoms with Crippen LogP contribution in [0.4, 0.5) is 13.2 Å². The lowest BCUT2D eigenvalue weighted by molar-refractivity contribution is -0.137. The number of hydrogen-bond acceptors (Lipinski definition) is 1. The van der Waals surface area contributed by atoms with Gasteiger partial charge < -0.3 is 0 Å². The Morgan fingerprint density at radius 3 is 2.06 bits per heavy atom. The largest absolute Gasteiger partial charge is 0.416 e. The first kappa shape index (κ1) is 14.0. The standard InChI is InChI=1S/C12H12ClF3O/c1-11(2,3)10(17)8-5-4-7(6-9(8)13)12(14,15)16/h4-6H,1-3H3. The van der Waals surface area contributed by atoms with Crippen LogP contribution in [0, 0.1) is 5.41 Å². The molecule has 0 bridgehead atoms. The third-order valence-corrected chi connectivity index (χ3v) is 2.53. The van der Waals surface area contributed by atoms with E-state index in [1.807, 2.05) is 0 Å². The molecule has 0 fully saturated rings. The van der Waals surface area contributed by atoms with Crippen LogP contribution in [0.1, 0.15) is 36.7 Å². The minimum Gasteiger partial charge on any atom is -0.294 e. The third-order valence-electron chi connectivity index (χ3n) is 2.22. The lowest BCUT2D eigenvalue weighted by atomic mass is 9.86. The highest BCUT2D eigenvalue weighted by atomic mass is 35.5. The quantitative estimate of drug-likeness (QED) is 0.678. The number of benzene rings is 1. The fourth-order valence-corrected chi connectivity index (χ4v) is 1.55. The van der Waals surface area contributed by atoms with Gasteiger partial charge in [0.1, 0.15) is 0 Å². The smallest absolute Gasteiger partial charge is 0.294 e. The van der Waals surface area contributed by atoms with Gasteiger partial charge in [-0.25, -0.2) is 0 Å². The highest BCUT2D eigenvalue weighted by Crippen LogP contribution is 2.33. The minimum atomic E-state index is -4.45. The Kier molecular flexibility index (Phi) is 3.58. The molecule has 0 N–H and O–H groups in total. The van der Waals surface area contributed by atoms with Crippen LogP contribution in [0.25, 0.3) is 0 Å². The van der Waals surface area contributed by atoms with E-state index in [2.05, 4.69) is 0 Å². The molecular formula is C12H12ClF3O. The van der Waals surface area contributed by atoms with Crippen molar-refractivity contribution in [3.63, 3.8) is 0 Å². The summed E-state index contributed by atoms with van der Waals surface area (Å²) < 4.78 is 37.2. The number of carbonyl (C=O) groups excluding carboxylic acids is 1. The lowest BCUT2D eigenvalue weighted by Gasteiger charge is -2.18. The number of rotatable bonds is 1. The Morgan fingerprint density at radius 1 is 1.18 bits per heavy atom. The molecule has 0 spiro atoms. The zero-order chi connectivity index (χ0) is 13.4. The van der Waals surface area contributed by atoms with Gasteiger partial charge in [-0.05, 0) is 18.2 Å². The molecule has 0 aliphatic heterocycles. The summed E-state index contributed by atoms with van der Waals surface area (Å²) in [6.45, 7) is 5.05. The van der Waals surface area contributed by atoms with E-state index in [9.17, 15) is 18.0 Å². The van der Waals surface area contributed by atoms with E-state index in [0.717, 1.165) is 18.2 Å². The monoisotopic (exact) mass is 264 g/mol. The molecule has 17 heavy (non-hydrogen) atoms. The van der Waals surface area contributed by atoms with Crippen molar-refractivity contribution in [3.8, 4) is 0 Å². The summed E-state index contributed by atoms with van der Waals surface area (Å²) in [5, 5.41) is -0.167. The van der Waals surface area contributed by atoms with E-state index in [1.165, 1.54) is 0 Å². The molecule has 0 amide bonds. The van der Waals surface area contributed by atoms with Crippen LogP contribution in [-0.2, 0) is 6.18 Å². The molecule has 0 atom stereocenters. The summed E-state index contributed by atoms with van der Waals surface area (Å²) in [5.74, 6) is -0.281. The molecule has 0 saturated heterocycles. The Balaban J connectivity index is 3.20. The van der Waals surface area contributed by atoms with Crippen LogP contribution in [-0.4, -0.2) is 5.78 Å². The number of alkyl halides is 3. The summed E-state index contributed by atoms with van der Waals surface area (Å²) in [6.07, 6.45) is -4.45. The topological polar surface area (TPSA) is 17.1 Å². The third kappa shape index (κ3) is 3.22. The molecule has 5 heteroatoms. The SMILES string of the molecule is CC(C)(C)C(=O)c1ccc(C(F)(F)F)cc1Cl. The van der Waals surface area contributed by atoms with E-state index >= 15 is 0 Å². The molecule has 0 heterocycles. The number of ketones is 1. The molecule has 0 aliphatic carbocycles. The molecule has 1 nitrogen and oxygen atoms in total. The molecule has 94 valence electrons. The Labute approximate surface area is 103 Å². The maximum atomic E-state index is 12.4. The normalized spacial score (nSPS) is 12.6. The van der Waals surface area contributed by atoms with Gasteiger partial charge in [-0.2, -0.15) is 13.2 Å². The zero-order valence-electron chi connectivity index (χ0n) is 9.65. The Bertz CT molecular complexity index is 444. The predicted octanol–water partition coefficient (Wildman–Crippen LogP) is 4.59. The van der Waals surface area contributed by atoms with Gasteiger partial charge in [-0.3, -0.25) is 4.79 Å². The summed E-state index contributed by atoms with van der Waals surface area (Å²) in [6, 6.07) is 2.77. The molecule has 0 unspecified atom stereocenters. The molecular weight excluding hydrogens is 253 g/mol. The van der Waals surface area contributed by atoms with Gasteiger partial charge in [0, 0.05) is 11.0 Å². The van der Waals surface area contributed by atoms with Crippen molar-refractivity contribution >= 4 is 17.4 Å². The average molecular weight is 265 g/mol. The van der Waals surface area contributed by atoms with E-state index in [-0.39, 0.29) is 16.4 Å². The van der Waals surface area contributed by atoms with Crippen LogP contribution in [0.3, 0.4) is 0 Å². The minimum absolute atomic E-state index is 0.118. The van der Waals surface area contributed by atoms with E-state index in [1.54, 1.807) is 20.8 Å². The van der Waals surface area contributed by atoms with Gasteiger partial charge in [-0.1, -0.05) is 32.4 Å². The van der Waals surface area contributed by atoms with Crippen molar-refractivity contribution in [2.75, 3.05) is 0 Å². The first-order valence-electron chi connectivity index (χ1n) is 4.95. The van der Waals surface area contributed by atoms with Crippen molar-refractivity contribution in [3.05, 3.63) is 34.3 Å². The van der Waals surface area contributed by atoms with Crippen LogP contribution in [0.5, 0.6) is 0 Å². The second kappa shape index (κ2) is 4.33. The van der Waals surface area contributed by atoms with Crippen molar-refractivity contribution in [1.82, 2.24) is 0 Å². The summed E-state index contributed by atoms with van der Waals surface area (Å²) in [4.78, 5) is 11.9. The molecule has 0 radical (unpaired) electrons. The highest BCUT2D eigenvalue weighted by Gasteiger charge is 2.32. The summed E-state index contributed by atoms with van der Waals surface area (Å²) in [5.41, 5.74) is -1.41. The first-order valence-corrected chi connectivity index (χ1v) is 5.33. The van der Waals surface area contributed by atoms with Gasteiger partial charge in [0.05, 0.1) is 10.6 Å². The lowest BCUT2D eigenvalue weighted by Crippen LogP contribution is -2.20. The fourth-order valence-electron chi connectivity index (χ4n) is 1.28. The summed E-state index contributed by atoms with van der Waals surface area (Å²) >= 11 is 5.72. The molecule has 1 aromatic rings. The number of carbonyl (C=O) groups is 1. The average Bonchev–Trinajstić information content (AvgIpc) is 2.13. The number of halogens is 4. The Hall–Kier alpha value is -1.03. The Morgan fingerprint density at radius 2 is 1.71 bits per heavy atom. The van der Waals surface area contributed by atoms with Crippen molar-refractivity contribution < 1.29 is 18.0 Å². The van der Waals surface area contributed by atoms with Crippen molar-refractivity contribution in [1.29, 1.82) is 0 Å². The van der Waals surface area contributed by atoms with Crippen LogP contribution >= 0.6 is 11.6 Å². The van der Waals surface area contributed by atoms with Crippen molar-refractivity contribution in [2.45, 2.75) is 26.9 Å². The van der Waals surface area contributed by atoms with Crippen LogP contribution in [0.2, 0.25) is 5.02 Å². The second-order valence-electron chi connectivity index (χ2n) is 4.77. The van der Waals surface area contributed by atoms with Gasteiger partial charge in [0.15, 0.2) is 5.78 Å². The number of hydrogen-bond donors (Lipinski definition) is 0. The van der Waals surface area contributed by atoms with E-state index in [0.29, 0.717) is 0 Å².